The molecule has 0 saturated heterocycles. The van der Waals surface area contributed by atoms with Crippen molar-refractivity contribution in [1.29, 1.82) is 0 Å². The highest BCUT2D eigenvalue weighted by atomic mass is 32.2. The molecule has 0 spiro atoms. The molecule has 3 aromatic rings. The van der Waals surface area contributed by atoms with Crippen molar-refractivity contribution in [3.63, 3.8) is 0 Å². The van der Waals surface area contributed by atoms with E-state index in [1.165, 1.54) is 0 Å². The molecule has 0 aliphatic heterocycles. The minimum absolute atomic E-state index is 0.285. The second kappa shape index (κ2) is 7.44. The second-order valence-electron chi connectivity index (χ2n) is 5.67. The maximum Gasteiger partial charge on any atom is 0.323 e. The van der Waals surface area contributed by atoms with Gasteiger partial charge in [-0.1, -0.05) is 18.2 Å². The van der Waals surface area contributed by atoms with Gasteiger partial charge in [-0.2, -0.15) is 5.10 Å². The summed E-state index contributed by atoms with van der Waals surface area (Å²) in [4.78, 5) is 13.5. The molecule has 0 fully saturated rings. The second-order valence-corrected chi connectivity index (χ2v) is 6.55. The third-order valence-electron chi connectivity index (χ3n) is 3.72. The molecule has 2 aromatic carbocycles. The van der Waals surface area contributed by atoms with E-state index in [9.17, 15) is 4.79 Å². The van der Waals surface area contributed by atoms with Crippen LogP contribution < -0.4 is 10.6 Å². The molecule has 0 bridgehead atoms. The largest absolute Gasteiger partial charge is 0.323 e. The topological polar surface area (TPSA) is 59.0 Å². The summed E-state index contributed by atoms with van der Waals surface area (Å²) in [5.41, 5.74) is 4.24. The molecule has 5 nitrogen and oxygen atoms in total. The van der Waals surface area contributed by atoms with Crippen LogP contribution in [0.2, 0.25) is 0 Å². The lowest BCUT2D eigenvalue weighted by Crippen LogP contribution is -2.20. The number of aromatic nitrogens is 2. The van der Waals surface area contributed by atoms with E-state index in [2.05, 4.69) is 15.7 Å². The van der Waals surface area contributed by atoms with Gasteiger partial charge in [0.05, 0.1) is 17.1 Å². The summed E-state index contributed by atoms with van der Waals surface area (Å²) in [7, 11) is 0. The Bertz CT molecular complexity index is 904. The molecule has 1 aromatic heterocycles. The molecule has 1 heterocycles. The van der Waals surface area contributed by atoms with Crippen LogP contribution in [0.1, 0.15) is 11.4 Å². The van der Waals surface area contributed by atoms with Crippen LogP contribution >= 0.6 is 11.8 Å². The van der Waals surface area contributed by atoms with E-state index in [0.29, 0.717) is 5.69 Å². The Morgan fingerprint density at radius 1 is 1.04 bits per heavy atom. The third kappa shape index (κ3) is 4.03. The number of aryl methyl sites for hydroxylation is 2. The summed E-state index contributed by atoms with van der Waals surface area (Å²) in [6.07, 6.45) is 2.00. The highest BCUT2D eigenvalue weighted by molar-refractivity contribution is 7.98. The summed E-state index contributed by atoms with van der Waals surface area (Å²) < 4.78 is 1.83. The van der Waals surface area contributed by atoms with Crippen molar-refractivity contribution in [3.8, 4) is 5.69 Å². The van der Waals surface area contributed by atoms with E-state index >= 15 is 0 Å². The molecule has 25 heavy (non-hydrogen) atoms. The number of rotatable bonds is 4. The van der Waals surface area contributed by atoms with Crippen LogP contribution in [0.4, 0.5) is 16.2 Å². The SMILES string of the molecule is CSc1cccc(NC(=O)Nc2ccccc2-n2nc(C)cc2C)c1. The number of nitrogens with zero attached hydrogens (tertiary/aromatic N) is 2. The molecule has 0 radical (unpaired) electrons. The molecular weight excluding hydrogens is 332 g/mol. The first kappa shape index (κ1) is 17.1. The average Bonchev–Trinajstić information content (AvgIpc) is 2.93. The Kier molecular flexibility index (Phi) is 5.09. The maximum atomic E-state index is 12.4. The number of thioether (sulfide) groups is 1. The zero-order chi connectivity index (χ0) is 17.8. The first-order valence-electron chi connectivity index (χ1n) is 7.91. The molecular formula is C19H20N4OS. The molecule has 3 rings (SSSR count). The average molecular weight is 352 g/mol. The summed E-state index contributed by atoms with van der Waals surface area (Å²) in [5.74, 6) is 0. The number of para-hydroxylation sites is 2. The van der Waals surface area contributed by atoms with Crippen LogP contribution in [-0.2, 0) is 0 Å². The lowest BCUT2D eigenvalue weighted by Gasteiger charge is -2.13. The van der Waals surface area contributed by atoms with Gasteiger partial charge in [-0.3, -0.25) is 0 Å². The summed E-state index contributed by atoms with van der Waals surface area (Å²) in [5, 5.41) is 10.3. The molecule has 2 N–H and O–H groups in total. The maximum absolute atomic E-state index is 12.4. The smallest absolute Gasteiger partial charge is 0.308 e. The van der Waals surface area contributed by atoms with E-state index in [4.69, 9.17) is 0 Å². The van der Waals surface area contributed by atoms with Crippen LogP contribution in [0.25, 0.3) is 5.69 Å². The Hall–Kier alpha value is -2.73. The number of amides is 2. The van der Waals surface area contributed by atoms with Crippen LogP contribution in [-0.4, -0.2) is 22.1 Å². The van der Waals surface area contributed by atoms with Gasteiger partial charge in [-0.05, 0) is 56.5 Å². The number of benzene rings is 2. The van der Waals surface area contributed by atoms with Gasteiger partial charge in [0.25, 0.3) is 0 Å². The molecule has 128 valence electrons. The highest BCUT2D eigenvalue weighted by Gasteiger charge is 2.11. The summed E-state index contributed by atoms with van der Waals surface area (Å²) >= 11 is 1.63. The highest BCUT2D eigenvalue weighted by Crippen LogP contribution is 2.23. The Balaban J connectivity index is 1.81. The van der Waals surface area contributed by atoms with Crippen LogP contribution in [0.5, 0.6) is 0 Å². The van der Waals surface area contributed by atoms with Gasteiger partial charge < -0.3 is 10.6 Å². The number of hydrogen-bond acceptors (Lipinski definition) is 3. The quantitative estimate of drug-likeness (QED) is 0.660. The zero-order valence-corrected chi connectivity index (χ0v) is 15.2. The number of carbonyl (C=O) groups excluding carboxylic acids is 1. The molecule has 0 unspecified atom stereocenters. The number of nitrogens with one attached hydrogen (secondary N) is 2. The van der Waals surface area contributed by atoms with Gasteiger partial charge in [0.1, 0.15) is 0 Å². The monoisotopic (exact) mass is 352 g/mol. The predicted octanol–water partition coefficient (Wildman–Crippen LogP) is 4.86. The van der Waals surface area contributed by atoms with Gasteiger partial charge >= 0.3 is 6.03 Å². The molecule has 0 aliphatic rings. The summed E-state index contributed by atoms with van der Waals surface area (Å²) in [6, 6.07) is 17.1. The molecule has 6 heteroatoms. The first-order chi connectivity index (χ1) is 12.1. The van der Waals surface area contributed by atoms with Gasteiger partial charge in [0.15, 0.2) is 0 Å². The van der Waals surface area contributed by atoms with E-state index in [1.54, 1.807) is 11.8 Å². The fourth-order valence-electron chi connectivity index (χ4n) is 2.62. The first-order valence-corrected chi connectivity index (χ1v) is 9.14. The Labute approximate surface area is 151 Å². The van der Waals surface area contributed by atoms with Gasteiger partial charge in [-0.15, -0.1) is 11.8 Å². The predicted molar refractivity (Wildman–Crippen MR) is 104 cm³/mol. The van der Waals surface area contributed by atoms with Crippen LogP contribution in [0, 0.1) is 13.8 Å². The van der Waals surface area contributed by atoms with Crippen LogP contribution in [0.15, 0.2) is 59.5 Å². The van der Waals surface area contributed by atoms with E-state index < -0.39 is 0 Å². The fraction of sp³-hybridized carbons (Fsp3) is 0.158. The molecule has 0 atom stereocenters. The van der Waals surface area contributed by atoms with Crippen molar-refractivity contribution in [2.45, 2.75) is 18.7 Å². The molecule has 0 saturated carbocycles. The van der Waals surface area contributed by atoms with Crippen molar-refractivity contribution >= 4 is 29.2 Å². The van der Waals surface area contributed by atoms with Crippen molar-refractivity contribution < 1.29 is 4.79 Å². The van der Waals surface area contributed by atoms with Crippen molar-refractivity contribution in [3.05, 3.63) is 66.0 Å². The lowest BCUT2D eigenvalue weighted by molar-refractivity contribution is 0.262. The third-order valence-corrected chi connectivity index (χ3v) is 4.44. The van der Waals surface area contributed by atoms with E-state index in [1.807, 2.05) is 79.4 Å². The standard InChI is InChI=1S/C19H20N4OS/c1-13-11-14(2)23(22-13)18-10-5-4-9-17(18)21-19(24)20-15-7-6-8-16(12-15)25-3/h4-12H,1-3H3,(H2,20,21,24). The zero-order valence-electron chi connectivity index (χ0n) is 14.4. The van der Waals surface area contributed by atoms with Gasteiger partial charge in [-0.25, -0.2) is 9.48 Å². The molecule has 2 amide bonds. The fourth-order valence-corrected chi connectivity index (χ4v) is 3.08. The summed E-state index contributed by atoms with van der Waals surface area (Å²) in [6.45, 7) is 3.94. The Morgan fingerprint density at radius 3 is 2.56 bits per heavy atom. The normalized spacial score (nSPS) is 10.5. The van der Waals surface area contributed by atoms with E-state index in [-0.39, 0.29) is 6.03 Å². The van der Waals surface area contributed by atoms with Crippen molar-refractivity contribution in [2.24, 2.45) is 0 Å². The van der Waals surface area contributed by atoms with Crippen molar-refractivity contribution in [2.75, 3.05) is 16.9 Å². The lowest BCUT2D eigenvalue weighted by atomic mass is 10.2. The molecule has 0 aliphatic carbocycles. The van der Waals surface area contributed by atoms with Crippen LogP contribution in [0.3, 0.4) is 0 Å². The number of carbonyl (C=O) groups is 1. The van der Waals surface area contributed by atoms with Gasteiger partial charge in [0, 0.05) is 16.3 Å². The Morgan fingerprint density at radius 2 is 1.84 bits per heavy atom. The van der Waals surface area contributed by atoms with Crippen molar-refractivity contribution in [1.82, 2.24) is 9.78 Å². The van der Waals surface area contributed by atoms with E-state index in [0.717, 1.165) is 27.7 Å². The number of anilines is 2. The minimum atomic E-state index is -0.285. The number of hydrogen-bond donors (Lipinski definition) is 2. The number of urea groups is 1. The van der Waals surface area contributed by atoms with Gasteiger partial charge in [0.2, 0.25) is 0 Å². The minimum Gasteiger partial charge on any atom is -0.308 e.